The van der Waals surface area contributed by atoms with Crippen LogP contribution in [0.1, 0.15) is 25.0 Å². The largest absolute Gasteiger partial charge is 0.342 e. The van der Waals surface area contributed by atoms with Crippen LogP contribution in [-0.2, 0) is 11.3 Å². The highest BCUT2D eigenvalue weighted by molar-refractivity contribution is 8.18. The summed E-state index contributed by atoms with van der Waals surface area (Å²) in [6, 6.07) is 28.6. The predicted molar refractivity (Wildman–Crippen MR) is 139 cm³/mol. The number of aromatic nitrogens is 1. The molecule has 2 heterocycles. The number of rotatable bonds is 5. The van der Waals surface area contributed by atoms with Crippen LogP contribution in [0.25, 0.3) is 17.0 Å². The van der Waals surface area contributed by atoms with Gasteiger partial charge in [-0.05, 0) is 55.4 Å². The second kappa shape index (κ2) is 9.12. The molecule has 0 unspecified atom stereocenters. The molecule has 0 saturated carbocycles. The first kappa shape index (κ1) is 21.3. The van der Waals surface area contributed by atoms with E-state index in [1.807, 2.05) is 62.4 Å². The molecule has 1 aliphatic rings. The summed E-state index contributed by atoms with van der Waals surface area (Å²) in [4.78, 5) is 20.6. The summed E-state index contributed by atoms with van der Waals surface area (Å²) in [5.74, 6) is 0.00423. The van der Waals surface area contributed by atoms with Crippen LogP contribution in [0.4, 0.5) is 5.69 Å². The van der Waals surface area contributed by atoms with Gasteiger partial charge in [0.15, 0.2) is 5.17 Å². The van der Waals surface area contributed by atoms with Crippen LogP contribution < -0.4 is 0 Å². The molecule has 4 nitrogen and oxygen atoms in total. The van der Waals surface area contributed by atoms with Crippen molar-refractivity contribution in [1.29, 1.82) is 0 Å². The Bertz CT molecular complexity index is 1350. The number of amidine groups is 1. The second-order valence-electron chi connectivity index (χ2n) is 8.32. The van der Waals surface area contributed by atoms with Gasteiger partial charge in [-0.15, -0.1) is 0 Å². The summed E-state index contributed by atoms with van der Waals surface area (Å²) in [6.07, 6.45) is 4.16. The summed E-state index contributed by atoms with van der Waals surface area (Å²) in [6.45, 7) is 4.83. The van der Waals surface area contributed by atoms with E-state index < -0.39 is 0 Å². The lowest BCUT2D eigenvalue weighted by molar-refractivity contribution is -0.123. The Kier molecular flexibility index (Phi) is 5.88. The minimum atomic E-state index is 0.00423. The third kappa shape index (κ3) is 4.37. The van der Waals surface area contributed by atoms with Crippen LogP contribution in [0.5, 0.6) is 0 Å². The van der Waals surface area contributed by atoms with Gasteiger partial charge in [0.1, 0.15) is 0 Å². The number of carbonyl (C=O) groups excluding carboxylic acids is 1. The van der Waals surface area contributed by atoms with Gasteiger partial charge in [-0.1, -0.05) is 66.7 Å². The van der Waals surface area contributed by atoms with Crippen LogP contribution in [0.15, 0.2) is 101 Å². The smallest absolute Gasteiger partial charge is 0.266 e. The molecule has 0 bridgehead atoms. The number of nitrogens with zero attached hydrogens (tertiary/aromatic N) is 3. The molecular weight excluding hydrogens is 426 g/mol. The van der Waals surface area contributed by atoms with Crippen LogP contribution >= 0.6 is 11.8 Å². The minimum absolute atomic E-state index is 0.00423. The van der Waals surface area contributed by atoms with Gasteiger partial charge in [0.25, 0.3) is 5.91 Å². The Morgan fingerprint density at radius 2 is 1.58 bits per heavy atom. The molecule has 5 rings (SSSR count). The van der Waals surface area contributed by atoms with E-state index >= 15 is 0 Å². The number of para-hydroxylation sites is 2. The third-order valence-electron chi connectivity index (χ3n) is 5.64. The fourth-order valence-electron chi connectivity index (χ4n) is 4.08. The van der Waals surface area contributed by atoms with Crippen molar-refractivity contribution in [3.63, 3.8) is 0 Å². The summed E-state index contributed by atoms with van der Waals surface area (Å²) < 4.78 is 2.25. The molecule has 0 spiro atoms. The van der Waals surface area contributed by atoms with E-state index in [1.54, 1.807) is 4.90 Å². The van der Waals surface area contributed by atoms with Crippen LogP contribution in [0.3, 0.4) is 0 Å². The van der Waals surface area contributed by atoms with Crippen molar-refractivity contribution in [3.8, 4) is 0 Å². The molecule has 1 aromatic heterocycles. The van der Waals surface area contributed by atoms with Crippen molar-refractivity contribution in [2.45, 2.75) is 26.4 Å². The van der Waals surface area contributed by atoms with Crippen molar-refractivity contribution in [2.24, 2.45) is 4.99 Å². The molecular formula is C28H25N3OS. The first-order valence-corrected chi connectivity index (χ1v) is 11.9. The maximum atomic E-state index is 13.3. The van der Waals surface area contributed by atoms with Gasteiger partial charge in [0.2, 0.25) is 0 Å². The van der Waals surface area contributed by atoms with E-state index in [9.17, 15) is 4.79 Å². The maximum Gasteiger partial charge on any atom is 0.266 e. The Labute approximate surface area is 198 Å². The Morgan fingerprint density at radius 1 is 0.909 bits per heavy atom. The minimum Gasteiger partial charge on any atom is -0.342 e. The fraction of sp³-hybridized carbons (Fsp3) is 0.143. The molecule has 4 aromatic rings. The second-order valence-corrected chi connectivity index (χ2v) is 9.33. The Hall–Kier alpha value is -3.57. The van der Waals surface area contributed by atoms with Crippen molar-refractivity contribution in [2.75, 3.05) is 0 Å². The summed E-state index contributed by atoms with van der Waals surface area (Å²) in [5, 5.41) is 1.86. The molecule has 1 fully saturated rings. The number of fused-ring (bicyclic) bond motifs is 1. The van der Waals surface area contributed by atoms with Gasteiger partial charge >= 0.3 is 0 Å². The van der Waals surface area contributed by atoms with E-state index in [0.29, 0.717) is 4.91 Å². The number of hydrogen-bond donors (Lipinski definition) is 0. The Balaban J connectivity index is 1.54. The topological polar surface area (TPSA) is 37.6 Å². The van der Waals surface area contributed by atoms with Crippen LogP contribution in [0, 0.1) is 0 Å². The van der Waals surface area contributed by atoms with Crippen LogP contribution in [-0.4, -0.2) is 26.6 Å². The molecule has 1 aliphatic heterocycles. The average molecular weight is 452 g/mol. The molecule has 3 aromatic carbocycles. The lowest BCUT2D eigenvalue weighted by atomic mass is 10.1. The zero-order chi connectivity index (χ0) is 22.8. The molecule has 0 N–H and O–H groups in total. The zero-order valence-corrected chi connectivity index (χ0v) is 19.5. The molecule has 0 atom stereocenters. The van der Waals surface area contributed by atoms with E-state index in [0.717, 1.165) is 33.9 Å². The molecule has 33 heavy (non-hydrogen) atoms. The van der Waals surface area contributed by atoms with Crippen molar-refractivity contribution < 1.29 is 4.79 Å². The normalized spacial score (nSPS) is 16.6. The first-order chi connectivity index (χ1) is 16.1. The highest BCUT2D eigenvalue weighted by Gasteiger charge is 2.35. The van der Waals surface area contributed by atoms with Crippen molar-refractivity contribution >= 4 is 45.5 Å². The van der Waals surface area contributed by atoms with Gasteiger partial charge in [-0.3, -0.25) is 9.69 Å². The summed E-state index contributed by atoms with van der Waals surface area (Å²) in [5.41, 5.74) is 4.29. The van der Waals surface area contributed by atoms with Crippen molar-refractivity contribution in [1.82, 2.24) is 9.47 Å². The fourth-order valence-corrected chi connectivity index (χ4v) is 5.19. The molecule has 1 amide bonds. The average Bonchev–Trinajstić information content (AvgIpc) is 3.32. The number of aliphatic imine (C=N–C) groups is 1. The number of amides is 1. The van der Waals surface area contributed by atoms with Gasteiger partial charge in [0.05, 0.1) is 10.6 Å². The lowest BCUT2D eigenvalue weighted by Crippen LogP contribution is -2.35. The van der Waals surface area contributed by atoms with Gasteiger partial charge in [0, 0.05) is 35.2 Å². The van der Waals surface area contributed by atoms with E-state index in [-0.39, 0.29) is 11.9 Å². The van der Waals surface area contributed by atoms with Crippen molar-refractivity contribution in [3.05, 3.63) is 107 Å². The van der Waals surface area contributed by atoms with Crippen LogP contribution in [0.2, 0.25) is 0 Å². The molecule has 0 radical (unpaired) electrons. The van der Waals surface area contributed by atoms with Gasteiger partial charge in [-0.25, -0.2) is 4.99 Å². The molecule has 5 heteroatoms. The molecule has 164 valence electrons. The van der Waals surface area contributed by atoms with Gasteiger partial charge < -0.3 is 4.57 Å². The number of thioether (sulfide) groups is 1. The van der Waals surface area contributed by atoms with Gasteiger partial charge in [-0.2, -0.15) is 0 Å². The SMILES string of the molecule is CC(C)N1C(=O)/C(=C\c2cn(Cc3ccccc3)c3ccccc23)SC1=Nc1ccccc1. The third-order valence-corrected chi connectivity index (χ3v) is 6.62. The highest BCUT2D eigenvalue weighted by atomic mass is 32.2. The summed E-state index contributed by atoms with van der Waals surface area (Å²) in [7, 11) is 0. The highest BCUT2D eigenvalue weighted by Crippen LogP contribution is 2.36. The molecule has 1 saturated heterocycles. The van der Waals surface area contributed by atoms with E-state index in [4.69, 9.17) is 4.99 Å². The standard InChI is InChI=1S/C28H25N3OS/c1-20(2)31-27(32)26(33-28(31)29-23-13-7-4-8-14-23)17-22-19-30(18-21-11-5-3-6-12-21)25-16-10-9-15-24(22)25/h3-17,19-20H,18H2,1-2H3/b26-17+,29-28?. The number of hydrogen-bond acceptors (Lipinski definition) is 3. The Morgan fingerprint density at radius 3 is 2.30 bits per heavy atom. The summed E-state index contributed by atoms with van der Waals surface area (Å²) >= 11 is 1.44. The zero-order valence-electron chi connectivity index (χ0n) is 18.7. The molecule has 0 aliphatic carbocycles. The van der Waals surface area contributed by atoms with E-state index in [2.05, 4.69) is 53.2 Å². The van der Waals surface area contributed by atoms with E-state index in [1.165, 1.54) is 17.3 Å². The monoisotopic (exact) mass is 451 g/mol. The predicted octanol–water partition coefficient (Wildman–Crippen LogP) is 6.70. The lowest BCUT2D eigenvalue weighted by Gasteiger charge is -2.19. The maximum absolute atomic E-state index is 13.3. The number of carbonyl (C=O) groups is 1. The quantitative estimate of drug-likeness (QED) is 0.317. The number of benzene rings is 3. The first-order valence-electron chi connectivity index (χ1n) is 11.1.